The van der Waals surface area contributed by atoms with Crippen molar-refractivity contribution in [2.75, 3.05) is 40.5 Å². The summed E-state index contributed by atoms with van der Waals surface area (Å²) in [5.41, 5.74) is 3.91. The van der Waals surface area contributed by atoms with E-state index in [1.54, 1.807) is 14.2 Å². The van der Waals surface area contributed by atoms with E-state index in [2.05, 4.69) is 18.7 Å². The molecule has 214 valence electrons. The van der Waals surface area contributed by atoms with Crippen molar-refractivity contribution in [1.82, 2.24) is 4.90 Å². The molecule has 1 saturated heterocycles. The molecule has 0 saturated carbocycles. The number of likely N-dealkylation sites (tertiary alicyclic amines) is 1. The summed E-state index contributed by atoms with van der Waals surface area (Å²) in [7, 11) is 3.23. The monoisotopic (exact) mass is 571 g/mol. The molecule has 1 aliphatic heterocycles. The van der Waals surface area contributed by atoms with Gasteiger partial charge in [0.25, 0.3) is 0 Å². The number of carbonyl (C=O) groups is 1. The molecule has 1 fully saturated rings. The smallest absolute Gasteiger partial charge is 0.188 e. The Bertz CT molecular complexity index is 1350. The lowest BCUT2D eigenvalue weighted by Gasteiger charge is -2.32. The molecule has 0 N–H and O–H groups in total. The van der Waals surface area contributed by atoms with Gasteiger partial charge in [0.05, 0.1) is 27.4 Å². The highest BCUT2D eigenvalue weighted by Gasteiger charge is 2.28. The largest absolute Gasteiger partial charge is 0.493 e. The van der Waals surface area contributed by atoms with Crippen LogP contribution in [0.15, 0.2) is 77.9 Å². The zero-order valence-electron chi connectivity index (χ0n) is 24.1. The summed E-state index contributed by atoms with van der Waals surface area (Å²) >= 11 is 5.90. The molecule has 0 amide bonds. The van der Waals surface area contributed by atoms with Crippen molar-refractivity contribution in [3.63, 3.8) is 0 Å². The number of ketones is 1. The summed E-state index contributed by atoms with van der Waals surface area (Å²) in [5, 5.41) is 0. The number of hydrogen-bond acceptors (Lipinski definition) is 6. The van der Waals surface area contributed by atoms with Crippen molar-refractivity contribution in [3.8, 4) is 23.0 Å². The molecule has 0 spiro atoms. The summed E-state index contributed by atoms with van der Waals surface area (Å²) in [6.45, 7) is 6.11. The first-order valence-corrected chi connectivity index (χ1v) is 14.3. The minimum absolute atomic E-state index is 0.0207. The Hall–Kier alpha value is -4.10. The molecule has 0 aliphatic carbocycles. The number of piperidine rings is 1. The van der Waals surface area contributed by atoms with Gasteiger partial charge in [-0.1, -0.05) is 68.5 Å². The van der Waals surface area contributed by atoms with Crippen LogP contribution in [0.1, 0.15) is 43.4 Å². The van der Waals surface area contributed by atoms with Gasteiger partial charge in [-0.25, -0.2) is 0 Å². The van der Waals surface area contributed by atoms with Crippen LogP contribution in [0.4, 0.5) is 0 Å². The quantitative estimate of drug-likeness (QED) is 0.181. The van der Waals surface area contributed by atoms with E-state index in [4.69, 9.17) is 31.2 Å². The van der Waals surface area contributed by atoms with Crippen molar-refractivity contribution in [2.45, 2.75) is 26.7 Å². The topological polar surface area (TPSA) is 57.2 Å². The predicted octanol–water partition coefficient (Wildman–Crippen LogP) is 7.01. The summed E-state index contributed by atoms with van der Waals surface area (Å²) in [5.74, 6) is 2.59. The van der Waals surface area contributed by atoms with E-state index >= 15 is 0 Å². The van der Waals surface area contributed by atoms with Gasteiger partial charge in [-0.05, 0) is 60.4 Å². The number of thiocarbonyl (C=S) groups is 1. The zero-order valence-corrected chi connectivity index (χ0v) is 25.0. The van der Waals surface area contributed by atoms with E-state index in [1.165, 1.54) is 0 Å². The van der Waals surface area contributed by atoms with Crippen LogP contribution in [0.5, 0.6) is 23.0 Å². The maximum atomic E-state index is 13.8. The van der Waals surface area contributed by atoms with Gasteiger partial charge in [-0.2, -0.15) is 0 Å². The maximum Gasteiger partial charge on any atom is 0.188 e. The van der Waals surface area contributed by atoms with Gasteiger partial charge < -0.3 is 23.8 Å². The Labute approximate surface area is 248 Å². The Kier molecular flexibility index (Phi) is 10.6. The summed E-state index contributed by atoms with van der Waals surface area (Å²) in [4.78, 5) is 16.6. The SMILES string of the molecule is CCCOc1ccc(/C=C2\CN(C(=S)c3ccccc3)C/C(=C\c3ccc(OCCC)c(OC)c3)C2=O)cc1OC. The van der Waals surface area contributed by atoms with Crippen molar-refractivity contribution < 1.29 is 23.7 Å². The third kappa shape index (κ3) is 7.55. The Morgan fingerprint density at radius 2 is 1.24 bits per heavy atom. The lowest BCUT2D eigenvalue weighted by Crippen LogP contribution is -2.41. The van der Waals surface area contributed by atoms with E-state index in [-0.39, 0.29) is 5.78 Å². The van der Waals surface area contributed by atoms with Crippen LogP contribution in [-0.2, 0) is 4.79 Å². The first kappa shape index (κ1) is 29.9. The summed E-state index contributed by atoms with van der Waals surface area (Å²) in [6, 6.07) is 21.3. The highest BCUT2D eigenvalue weighted by atomic mass is 32.1. The Morgan fingerprint density at radius 1 is 0.756 bits per heavy atom. The van der Waals surface area contributed by atoms with Crippen LogP contribution in [0.25, 0.3) is 12.2 Å². The second-order valence-electron chi connectivity index (χ2n) is 9.71. The van der Waals surface area contributed by atoms with Crippen LogP contribution in [-0.4, -0.2) is 56.2 Å². The van der Waals surface area contributed by atoms with E-state index in [9.17, 15) is 4.79 Å². The summed E-state index contributed by atoms with van der Waals surface area (Å²) in [6.07, 6.45) is 5.61. The second-order valence-corrected chi connectivity index (χ2v) is 10.1. The second kappa shape index (κ2) is 14.5. The van der Waals surface area contributed by atoms with Gasteiger partial charge in [0.1, 0.15) is 4.99 Å². The standard InChI is InChI=1S/C34H37NO5S/c1-5-16-39-29-14-12-24(20-31(29)37-3)18-27-22-35(34(41)26-10-8-7-9-11-26)23-28(33(27)36)19-25-13-15-30(40-17-6-2)32(21-25)38-4/h7-15,18-21H,5-6,16-17,22-23H2,1-4H3/b27-18+,28-19+. The van der Waals surface area contributed by atoms with Gasteiger partial charge in [-0.3, -0.25) is 4.79 Å². The molecule has 4 rings (SSSR count). The van der Waals surface area contributed by atoms with E-state index in [0.29, 0.717) is 65.4 Å². The third-order valence-electron chi connectivity index (χ3n) is 6.59. The molecule has 0 unspecified atom stereocenters. The van der Waals surface area contributed by atoms with Crippen LogP contribution in [0, 0.1) is 0 Å². The number of ether oxygens (including phenoxy) is 4. The van der Waals surface area contributed by atoms with Crippen LogP contribution >= 0.6 is 12.2 Å². The molecule has 1 aliphatic rings. The first-order valence-electron chi connectivity index (χ1n) is 13.9. The average Bonchev–Trinajstić information content (AvgIpc) is 3.01. The zero-order chi connectivity index (χ0) is 29.2. The molecule has 0 atom stereocenters. The van der Waals surface area contributed by atoms with Crippen molar-refractivity contribution in [2.24, 2.45) is 0 Å². The van der Waals surface area contributed by atoms with Crippen molar-refractivity contribution in [1.29, 1.82) is 0 Å². The molecule has 0 aromatic heterocycles. The molecular formula is C34H37NO5S. The van der Waals surface area contributed by atoms with Crippen LogP contribution in [0.2, 0.25) is 0 Å². The number of Topliss-reactive ketones (excluding diaryl/α,β-unsaturated/α-hetero) is 1. The summed E-state index contributed by atoms with van der Waals surface area (Å²) < 4.78 is 22.8. The van der Waals surface area contributed by atoms with Gasteiger partial charge in [0, 0.05) is 29.8 Å². The molecule has 1 heterocycles. The minimum Gasteiger partial charge on any atom is -0.493 e. The van der Waals surface area contributed by atoms with Crippen molar-refractivity contribution in [3.05, 3.63) is 94.6 Å². The molecule has 7 heteroatoms. The fraction of sp³-hybridized carbons (Fsp3) is 0.294. The third-order valence-corrected chi connectivity index (χ3v) is 7.09. The maximum absolute atomic E-state index is 13.8. The van der Waals surface area contributed by atoms with Crippen LogP contribution < -0.4 is 18.9 Å². The van der Waals surface area contributed by atoms with E-state index < -0.39 is 0 Å². The van der Waals surface area contributed by atoms with Gasteiger partial charge in [-0.15, -0.1) is 0 Å². The van der Waals surface area contributed by atoms with Gasteiger partial charge in [0.15, 0.2) is 28.8 Å². The Balaban J connectivity index is 1.71. The molecule has 0 radical (unpaired) electrons. The number of hydrogen-bond donors (Lipinski definition) is 0. The molecule has 3 aromatic rings. The van der Waals surface area contributed by atoms with Gasteiger partial charge >= 0.3 is 0 Å². The Morgan fingerprint density at radius 3 is 1.68 bits per heavy atom. The lowest BCUT2D eigenvalue weighted by molar-refractivity contribution is -0.113. The number of nitrogens with zero attached hydrogens (tertiary/aromatic N) is 1. The lowest BCUT2D eigenvalue weighted by atomic mass is 9.93. The van der Waals surface area contributed by atoms with E-state index in [0.717, 1.165) is 29.5 Å². The van der Waals surface area contributed by atoms with Crippen molar-refractivity contribution >= 4 is 35.1 Å². The number of methoxy groups -OCH3 is 2. The molecule has 41 heavy (non-hydrogen) atoms. The predicted molar refractivity (Wildman–Crippen MR) is 168 cm³/mol. The fourth-order valence-electron chi connectivity index (χ4n) is 4.56. The number of rotatable bonds is 11. The highest BCUT2D eigenvalue weighted by Crippen LogP contribution is 2.32. The normalized spacial score (nSPS) is 15.2. The average molecular weight is 572 g/mol. The van der Waals surface area contributed by atoms with Crippen LogP contribution in [0.3, 0.4) is 0 Å². The molecule has 3 aromatic carbocycles. The molecule has 6 nitrogen and oxygen atoms in total. The van der Waals surface area contributed by atoms with E-state index in [1.807, 2.05) is 78.9 Å². The first-order chi connectivity index (χ1) is 20.0. The highest BCUT2D eigenvalue weighted by molar-refractivity contribution is 7.80. The fourth-order valence-corrected chi connectivity index (χ4v) is 4.82. The minimum atomic E-state index is -0.0207. The van der Waals surface area contributed by atoms with Gasteiger partial charge in [0.2, 0.25) is 0 Å². The molecule has 0 bridgehead atoms. The number of carbonyl (C=O) groups excluding carboxylic acids is 1. The molecular weight excluding hydrogens is 534 g/mol. The number of benzene rings is 3.